The third-order valence-electron chi connectivity index (χ3n) is 3.27. The van der Waals surface area contributed by atoms with Gasteiger partial charge in [0.25, 0.3) is 0 Å². The Balaban J connectivity index is 2.16. The van der Waals surface area contributed by atoms with Crippen LogP contribution in [0, 0.1) is 0 Å². The molecule has 1 aromatic carbocycles. The molecule has 0 spiro atoms. The maximum atomic E-state index is 9.92. The van der Waals surface area contributed by atoms with Crippen molar-refractivity contribution in [1.82, 2.24) is 0 Å². The van der Waals surface area contributed by atoms with Gasteiger partial charge in [-0.25, -0.2) is 0 Å². The van der Waals surface area contributed by atoms with E-state index in [1.54, 1.807) is 0 Å². The fraction of sp³-hybridized carbons (Fsp3) is 0.538. The van der Waals surface area contributed by atoms with Gasteiger partial charge in [0.1, 0.15) is 0 Å². The molecule has 1 saturated carbocycles. The second kappa shape index (κ2) is 5.32. The molecule has 2 atom stereocenters. The van der Waals surface area contributed by atoms with Crippen molar-refractivity contribution >= 4 is 5.69 Å². The average Bonchev–Trinajstić information content (AvgIpc) is 2.73. The van der Waals surface area contributed by atoms with Crippen LogP contribution in [0.3, 0.4) is 0 Å². The average molecular weight is 221 g/mol. The third-order valence-corrected chi connectivity index (χ3v) is 3.27. The second-order valence-electron chi connectivity index (χ2n) is 4.32. The molecule has 0 saturated heterocycles. The first kappa shape index (κ1) is 11.4. The van der Waals surface area contributed by atoms with Gasteiger partial charge in [-0.2, -0.15) is 0 Å². The first-order valence-electron chi connectivity index (χ1n) is 5.93. The Labute approximate surface area is 96.3 Å². The summed E-state index contributed by atoms with van der Waals surface area (Å²) in [5.41, 5.74) is 1.09. The molecular formula is C13H19NO2. The SMILES string of the molecule is OCCN(c1ccccc1)[C@@H]1CCC[C@H]1O. The van der Waals surface area contributed by atoms with Crippen molar-refractivity contribution < 1.29 is 10.2 Å². The highest BCUT2D eigenvalue weighted by molar-refractivity contribution is 5.47. The molecule has 0 aromatic heterocycles. The number of para-hydroxylation sites is 1. The minimum Gasteiger partial charge on any atom is -0.395 e. The minimum absolute atomic E-state index is 0.123. The van der Waals surface area contributed by atoms with Crippen LogP contribution in [0.15, 0.2) is 30.3 Å². The molecule has 1 fully saturated rings. The van der Waals surface area contributed by atoms with Gasteiger partial charge in [0.15, 0.2) is 0 Å². The van der Waals surface area contributed by atoms with Crippen molar-refractivity contribution in [3.8, 4) is 0 Å². The van der Waals surface area contributed by atoms with Crippen LogP contribution in [-0.2, 0) is 0 Å². The van der Waals surface area contributed by atoms with E-state index in [1.165, 1.54) is 0 Å². The Morgan fingerprint density at radius 2 is 1.94 bits per heavy atom. The van der Waals surface area contributed by atoms with E-state index in [2.05, 4.69) is 4.90 Å². The number of benzene rings is 1. The lowest BCUT2D eigenvalue weighted by molar-refractivity contribution is 0.158. The van der Waals surface area contributed by atoms with E-state index < -0.39 is 0 Å². The number of hydrogen-bond donors (Lipinski definition) is 2. The zero-order chi connectivity index (χ0) is 11.4. The van der Waals surface area contributed by atoms with Crippen LogP contribution in [0.4, 0.5) is 5.69 Å². The van der Waals surface area contributed by atoms with Crippen molar-refractivity contribution in [1.29, 1.82) is 0 Å². The number of aliphatic hydroxyl groups is 2. The molecule has 16 heavy (non-hydrogen) atoms. The molecule has 3 nitrogen and oxygen atoms in total. The summed E-state index contributed by atoms with van der Waals surface area (Å²) in [5.74, 6) is 0. The molecule has 0 radical (unpaired) electrons. The number of nitrogens with zero attached hydrogens (tertiary/aromatic N) is 1. The standard InChI is InChI=1S/C13H19NO2/c15-10-9-14(11-5-2-1-3-6-11)12-7-4-8-13(12)16/h1-3,5-6,12-13,15-16H,4,7-10H2/t12-,13-/m1/s1. The summed E-state index contributed by atoms with van der Waals surface area (Å²) in [4.78, 5) is 2.12. The van der Waals surface area contributed by atoms with Gasteiger partial charge in [0, 0.05) is 12.2 Å². The number of hydrogen-bond acceptors (Lipinski definition) is 3. The van der Waals surface area contributed by atoms with E-state index in [9.17, 15) is 5.11 Å². The van der Waals surface area contributed by atoms with Gasteiger partial charge < -0.3 is 15.1 Å². The summed E-state index contributed by atoms with van der Waals surface area (Å²) in [6.45, 7) is 0.712. The molecular weight excluding hydrogens is 202 g/mol. The molecule has 1 aromatic rings. The summed E-state index contributed by atoms with van der Waals surface area (Å²) in [6.07, 6.45) is 2.70. The molecule has 0 unspecified atom stereocenters. The van der Waals surface area contributed by atoms with Crippen molar-refractivity contribution in [2.45, 2.75) is 31.4 Å². The Morgan fingerprint density at radius 1 is 1.19 bits per heavy atom. The highest BCUT2D eigenvalue weighted by Crippen LogP contribution is 2.28. The van der Waals surface area contributed by atoms with Crippen LogP contribution < -0.4 is 4.90 Å². The number of anilines is 1. The van der Waals surface area contributed by atoms with Crippen LogP contribution in [0.25, 0.3) is 0 Å². The molecule has 0 heterocycles. The quantitative estimate of drug-likeness (QED) is 0.807. The van der Waals surface area contributed by atoms with Crippen molar-refractivity contribution in [2.24, 2.45) is 0 Å². The normalized spacial score (nSPS) is 24.6. The first-order chi connectivity index (χ1) is 7.83. The monoisotopic (exact) mass is 221 g/mol. The zero-order valence-electron chi connectivity index (χ0n) is 9.42. The molecule has 0 amide bonds. The van der Waals surface area contributed by atoms with Crippen molar-refractivity contribution in [2.75, 3.05) is 18.1 Å². The smallest absolute Gasteiger partial charge is 0.0743 e. The van der Waals surface area contributed by atoms with Crippen LogP contribution in [0.1, 0.15) is 19.3 Å². The molecule has 1 aliphatic carbocycles. The van der Waals surface area contributed by atoms with Gasteiger partial charge >= 0.3 is 0 Å². The van der Waals surface area contributed by atoms with E-state index >= 15 is 0 Å². The van der Waals surface area contributed by atoms with Gasteiger partial charge in [-0.05, 0) is 31.4 Å². The van der Waals surface area contributed by atoms with E-state index in [0.29, 0.717) is 6.54 Å². The lowest BCUT2D eigenvalue weighted by Crippen LogP contribution is -2.42. The van der Waals surface area contributed by atoms with E-state index in [-0.39, 0.29) is 18.8 Å². The summed E-state index contributed by atoms with van der Waals surface area (Å²) >= 11 is 0. The van der Waals surface area contributed by atoms with Crippen molar-refractivity contribution in [3.63, 3.8) is 0 Å². The number of rotatable bonds is 4. The van der Waals surface area contributed by atoms with Crippen LogP contribution in [-0.4, -0.2) is 35.5 Å². The maximum absolute atomic E-state index is 9.92. The Morgan fingerprint density at radius 3 is 2.50 bits per heavy atom. The van der Waals surface area contributed by atoms with Gasteiger partial charge in [-0.1, -0.05) is 18.2 Å². The molecule has 0 aliphatic heterocycles. The molecule has 3 heteroatoms. The van der Waals surface area contributed by atoms with E-state index in [1.807, 2.05) is 30.3 Å². The zero-order valence-corrected chi connectivity index (χ0v) is 9.42. The van der Waals surface area contributed by atoms with Crippen molar-refractivity contribution in [3.05, 3.63) is 30.3 Å². The lowest BCUT2D eigenvalue weighted by atomic mass is 10.1. The summed E-state index contributed by atoms with van der Waals surface area (Å²) in [6, 6.07) is 10.2. The first-order valence-corrected chi connectivity index (χ1v) is 5.93. The molecule has 2 rings (SSSR count). The van der Waals surface area contributed by atoms with Gasteiger partial charge in [0.05, 0.1) is 18.8 Å². The van der Waals surface area contributed by atoms with Gasteiger partial charge in [-0.3, -0.25) is 0 Å². The lowest BCUT2D eigenvalue weighted by Gasteiger charge is -2.32. The topological polar surface area (TPSA) is 43.7 Å². The van der Waals surface area contributed by atoms with Crippen LogP contribution >= 0.6 is 0 Å². The fourth-order valence-corrected chi connectivity index (χ4v) is 2.50. The van der Waals surface area contributed by atoms with E-state index in [4.69, 9.17) is 5.11 Å². The highest BCUT2D eigenvalue weighted by atomic mass is 16.3. The molecule has 0 bridgehead atoms. The van der Waals surface area contributed by atoms with Gasteiger partial charge in [-0.15, -0.1) is 0 Å². The predicted octanol–water partition coefficient (Wildman–Crippen LogP) is 1.40. The minimum atomic E-state index is -0.258. The summed E-state index contributed by atoms with van der Waals surface area (Å²) in [5, 5.41) is 19.0. The summed E-state index contributed by atoms with van der Waals surface area (Å²) in [7, 11) is 0. The molecule has 2 N–H and O–H groups in total. The fourth-order valence-electron chi connectivity index (χ4n) is 2.50. The van der Waals surface area contributed by atoms with Gasteiger partial charge in [0.2, 0.25) is 0 Å². The Kier molecular flexibility index (Phi) is 3.80. The maximum Gasteiger partial charge on any atom is 0.0743 e. The third kappa shape index (κ3) is 2.36. The largest absolute Gasteiger partial charge is 0.395 e. The highest BCUT2D eigenvalue weighted by Gasteiger charge is 2.30. The van der Waals surface area contributed by atoms with E-state index in [0.717, 1.165) is 24.9 Å². The molecule has 88 valence electrons. The predicted molar refractivity (Wildman–Crippen MR) is 64.5 cm³/mol. The van der Waals surface area contributed by atoms with Crippen LogP contribution in [0.2, 0.25) is 0 Å². The Hall–Kier alpha value is -1.06. The Bertz CT molecular complexity index is 315. The molecule has 1 aliphatic rings. The number of aliphatic hydroxyl groups excluding tert-OH is 2. The second-order valence-corrected chi connectivity index (χ2v) is 4.32. The van der Waals surface area contributed by atoms with Crippen LogP contribution in [0.5, 0.6) is 0 Å². The summed E-state index contributed by atoms with van der Waals surface area (Å²) < 4.78 is 0.